The minimum absolute atomic E-state index is 0.0145. The van der Waals surface area contributed by atoms with Gasteiger partial charge in [0.15, 0.2) is 0 Å². The largest absolute Gasteiger partial charge is 0.477 e. The normalized spacial score (nSPS) is 11.4. The molecule has 1 heterocycles. The Morgan fingerprint density at radius 3 is 2.29 bits per heavy atom. The minimum atomic E-state index is -4.02. The summed E-state index contributed by atoms with van der Waals surface area (Å²) in [5, 5.41) is 8.88. The number of nitrogens with one attached hydrogen (secondary N) is 1. The van der Waals surface area contributed by atoms with Crippen LogP contribution in [0.4, 0.5) is 5.00 Å². The van der Waals surface area contributed by atoms with Crippen molar-refractivity contribution in [3.05, 3.63) is 43.7 Å². The summed E-state index contributed by atoms with van der Waals surface area (Å²) in [6, 6.07) is 5.46. The highest BCUT2D eigenvalue weighted by Crippen LogP contribution is 2.34. The Balaban J connectivity index is 2.41. The fourth-order valence-corrected chi connectivity index (χ4v) is 5.45. The first-order valence-corrected chi connectivity index (χ1v) is 9.06. The molecular weight excluding hydrogens is 425 g/mol. The van der Waals surface area contributed by atoms with Crippen molar-refractivity contribution in [3.8, 4) is 0 Å². The van der Waals surface area contributed by atoms with E-state index in [2.05, 4.69) is 20.7 Å². The number of sulfonamides is 1. The Morgan fingerprint density at radius 2 is 1.81 bits per heavy atom. The zero-order valence-corrected chi connectivity index (χ0v) is 14.7. The standard InChI is InChI=1S/C11H6BrCl2NO4S2/c12-5-3-6(13)10(7(14)4-5)21(18,19)15-9-2-1-8(20-9)11(16)17/h1-4,15H,(H,16,17). The maximum Gasteiger partial charge on any atom is 0.345 e. The Hall–Kier alpha value is -0.800. The molecule has 0 saturated carbocycles. The summed E-state index contributed by atoms with van der Waals surface area (Å²) in [6.07, 6.45) is 0. The molecule has 0 aliphatic rings. The van der Waals surface area contributed by atoms with Gasteiger partial charge in [0.25, 0.3) is 10.0 Å². The molecule has 2 rings (SSSR count). The monoisotopic (exact) mass is 429 g/mol. The molecular formula is C11H6BrCl2NO4S2. The predicted octanol–water partition coefficient (Wildman–Crippen LogP) is 4.32. The van der Waals surface area contributed by atoms with Gasteiger partial charge in [0.2, 0.25) is 0 Å². The second kappa shape index (κ2) is 6.13. The van der Waals surface area contributed by atoms with Crippen LogP contribution in [0.1, 0.15) is 9.67 Å². The lowest BCUT2D eigenvalue weighted by atomic mass is 10.4. The molecule has 0 saturated heterocycles. The number of thiophene rings is 1. The van der Waals surface area contributed by atoms with Gasteiger partial charge in [-0.15, -0.1) is 11.3 Å². The highest BCUT2D eigenvalue weighted by molar-refractivity contribution is 9.10. The van der Waals surface area contributed by atoms with Gasteiger partial charge in [-0.2, -0.15) is 0 Å². The topological polar surface area (TPSA) is 83.5 Å². The summed E-state index contributed by atoms with van der Waals surface area (Å²) in [5.41, 5.74) is 0. The van der Waals surface area contributed by atoms with Gasteiger partial charge >= 0.3 is 5.97 Å². The van der Waals surface area contributed by atoms with Gasteiger partial charge in [-0.05, 0) is 24.3 Å². The molecule has 5 nitrogen and oxygen atoms in total. The average molecular weight is 431 g/mol. The summed E-state index contributed by atoms with van der Waals surface area (Å²) in [4.78, 5) is 10.5. The lowest BCUT2D eigenvalue weighted by molar-refractivity contribution is 0.0702. The molecule has 112 valence electrons. The Bertz CT molecular complexity index is 796. The molecule has 21 heavy (non-hydrogen) atoms. The van der Waals surface area contributed by atoms with Gasteiger partial charge in [-0.1, -0.05) is 39.1 Å². The molecule has 0 aliphatic heterocycles. The molecule has 0 atom stereocenters. The van der Waals surface area contributed by atoms with Crippen molar-refractivity contribution in [2.75, 3.05) is 4.72 Å². The van der Waals surface area contributed by atoms with Gasteiger partial charge in [0.05, 0.1) is 10.0 Å². The lowest BCUT2D eigenvalue weighted by Crippen LogP contribution is -2.13. The summed E-state index contributed by atoms with van der Waals surface area (Å²) in [5.74, 6) is -1.13. The third-order valence-corrected chi connectivity index (χ3v) is 6.15. The molecule has 0 spiro atoms. The van der Waals surface area contributed by atoms with Gasteiger partial charge < -0.3 is 5.11 Å². The van der Waals surface area contributed by atoms with Gasteiger partial charge in [0.1, 0.15) is 14.8 Å². The Kier molecular flexibility index (Phi) is 4.84. The van der Waals surface area contributed by atoms with Crippen LogP contribution in [-0.4, -0.2) is 19.5 Å². The first-order chi connectivity index (χ1) is 9.70. The molecule has 0 bridgehead atoms. The SMILES string of the molecule is O=C(O)c1ccc(NS(=O)(=O)c2c(Cl)cc(Br)cc2Cl)s1. The Labute approximate surface area is 142 Å². The number of hydrogen-bond acceptors (Lipinski definition) is 4. The first kappa shape index (κ1) is 16.6. The highest BCUT2D eigenvalue weighted by atomic mass is 79.9. The quantitative estimate of drug-likeness (QED) is 0.756. The number of anilines is 1. The first-order valence-electron chi connectivity index (χ1n) is 5.21. The highest BCUT2D eigenvalue weighted by Gasteiger charge is 2.23. The van der Waals surface area contributed by atoms with Crippen molar-refractivity contribution < 1.29 is 18.3 Å². The molecule has 0 aliphatic carbocycles. The smallest absolute Gasteiger partial charge is 0.345 e. The Morgan fingerprint density at radius 1 is 1.24 bits per heavy atom. The lowest BCUT2D eigenvalue weighted by Gasteiger charge is -2.10. The molecule has 1 aromatic carbocycles. The van der Waals surface area contributed by atoms with Crippen LogP contribution < -0.4 is 4.72 Å². The van der Waals surface area contributed by atoms with Gasteiger partial charge in [0, 0.05) is 4.47 Å². The van der Waals surface area contributed by atoms with E-state index in [-0.39, 0.29) is 24.8 Å². The van der Waals surface area contributed by atoms with Crippen molar-refractivity contribution in [1.29, 1.82) is 0 Å². The van der Waals surface area contributed by atoms with E-state index in [1.807, 2.05) is 0 Å². The van der Waals surface area contributed by atoms with Crippen molar-refractivity contribution in [3.63, 3.8) is 0 Å². The van der Waals surface area contributed by atoms with E-state index in [9.17, 15) is 13.2 Å². The number of carboxylic acid groups (broad SMARTS) is 1. The average Bonchev–Trinajstić information content (AvgIpc) is 2.74. The molecule has 0 fully saturated rings. The third kappa shape index (κ3) is 3.70. The summed E-state index contributed by atoms with van der Waals surface area (Å²) in [7, 11) is -4.02. The zero-order valence-electron chi connectivity index (χ0n) is 9.93. The molecule has 2 aromatic rings. The van der Waals surface area contributed by atoms with E-state index in [1.54, 1.807) is 0 Å². The molecule has 0 unspecified atom stereocenters. The number of rotatable bonds is 4. The van der Waals surface area contributed by atoms with Crippen LogP contribution in [0.15, 0.2) is 33.6 Å². The number of halogens is 3. The van der Waals surface area contributed by atoms with Crippen molar-refractivity contribution in [2.45, 2.75) is 4.90 Å². The van der Waals surface area contributed by atoms with E-state index in [4.69, 9.17) is 28.3 Å². The number of aromatic carboxylic acids is 1. The third-order valence-electron chi connectivity index (χ3n) is 2.28. The molecule has 10 heteroatoms. The predicted molar refractivity (Wildman–Crippen MR) is 86.2 cm³/mol. The van der Waals surface area contributed by atoms with E-state index in [0.717, 1.165) is 11.3 Å². The van der Waals surface area contributed by atoms with Crippen LogP contribution in [0.25, 0.3) is 0 Å². The summed E-state index contributed by atoms with van der Waals surface area (Å²) >= 11 is 15.8. The number of carbonyl (C=O) groups is 1. The molecule has 2 N–H and O–H groups in total. The minimum Gasteiger partial charge on any atom is -0.477 e. The summed E-state index contributed by atoms with van der Waals surface area (Å²) < 4.78 is 27.4. The maximum atomic E-state index is 12.3. The van der Waals surface area contributed by atoms with Gasteiger partial charge in [-0.25, -0.2) is 13.2 Å². The van der Waals surface area contributed by atoms with Crippen LogP contribution in [0.3, 0.4) is 0 Å². The fourth-order valence-electron chi connectivity index (χ4n) is 1.48. The van der Waals surface area contributed by atoms with Crippen molar-refractivity contribution in [2.24, 2.45) is 0 Å². The van der Waals surface area contributed by atoms with Gasteiger partial charge in [-0.3, -0.25) is 4.72 Å². The van der Waals surface area contributed by atoms with E-state index < -0.39 is 16.0 Å². The molecule has 0 radical (unpaired) electrons. The summed E-state index contributed by atoms with van der Waals surface area (Å²) in [6.45, 7) is 0. The van der Waals surface area contributed by atoms with Crippen LogP contribution in [0.5, 0.6) is 0 Å². The fraction of sp³-hybridized carbons (Fsp3) is 0. The van der Waals surface area contributed by atoms with Crippen molar-refractivity contribution >= 4 is 71.5 Å². The van der Waals surface area contributed by atoms with E-state index >= 15 is 0 Å². The maximum absolute atomic E-state index is 12.3. The number of benzene rings is 1. The van der Waals surface area contributed by atoms with Crippen molar-refractivity contribution in [1.82, 2.24) is 0 Å². The number of carboxylic acids is 1. The zero-order chi connectivity index (χ0) is 15.8. The second-order valence-corrected chi connectivity index (χ2v) is 8.21. The van der Waals surface area contributed by atoms with E-state index in [1.165, 1.54) is 24.3 Å². The van der Waals surface area contributed by atoms with Crippen LogP contribution in [-0.2, 0) is 10.0 Å². The molecule has 0 amide bonds. The van der Waals surface area contributed by atoms with Crippen LogP contribution in [0, 0.1) is 0 Å². The van der Waals surface area contributed by atoms with Crippen LogP contribution in [0.2, 0.25) is 10.0 Å². The van der Waals surface area contributed by atoms with E-state index in [0.29, 0.717) is 4.47 Å². The van der Waals surface area contributed by atoms with Crippen LogP contribution >= 0.6 is 50.5 Å². The second-order valence-electron chi connectivity index (χ2n) is 3.77. The molecule has 1 aromatic heterocycles. The number of hydrogen-bond donors (Lipinski definition) is 2.